The van der Waals surface area contributed by atoms with Crippen molar-refractivity contribution in [1.82, 2.24) is 10.2 Å². The van der Waals surface area contributed by atoms with Crippen LogP contribution in [-0.2, 0) is 4.79 Å². The molecule has 0 aromatic rings. The van der Waals surface area contributed by atoms with Crippen LogP contribution >= 0.6 is 0 Å². The maximum absolute atomic E-state index is 12.7. The van der Waals surface area contributed by atoms with E-state index in [-0.39, 0.29) is 24.0 Å². The van der Waals surface area contributed by atoms with E-state index in [4.69, 9.17) is 5.53 Å². The standard InChI is InChI=1S/C17H24N6O2/c18-7-14-2-13(21-22-19)9-23(14)15(24)8-20-16-3-11-1-12(4-16)6-17(25,5-11)10-16/h11-14,20,25H,1-6,8-10H2/t11?,12?,13-,14-,16?,17?/m0/s1. The van der Waals surface area contributed by atoms with Crippen molar-refractivity contribution in [3.8, 4) is 6.07 Å². The fourth-order valence-corrected chi connectivity index (χ4v) is 6.15. The molecule has 134 valence electrons. The van der Waals surface area contributed by atoms with Crippen molar-refractivity contribution in [2.75, 3.05) is 13.1 Å². The average Bonchev–Trinajstić information content (AvgIpc) is 2.94. The molecule has 8 nitrogen and oxygen atoms in total. The summed E-state index contributed by atoms with van der Waals surface area (Å²) in [5.74, 6) is 0.994. The van der Waals surface area contributed by atoms with Gasteiger partial charge >= 0.3 is 0 Å². The van der Waals surface area contributed by atoms with Crippen molar-refractivity contribution in [3.05, 3.63) is 10.4 Å². The first kappa shape index (κ1) is 16.6. The number of nitrogens with one attached hydrogen (secondary N) is 1. The third kappa shape index (κ3) is 2.97. The van der Waals surface area contributed by atoms with E-state index in [1.165, 1.54) is 11.3 Å². The Morgan fingerprint density at radius 3 is 2.68 bits per heavy atom. The molecule has 0 spiro atoms. The Kier molecular flexibility index (Phi) is 3.91. The van der Waals surface area contributed by atoms with Gasteiger partial charge in [-0.1, -0.05) is 5.11 Å². The lowest BCUT2D eigenvalue weighted by molar-refractivity contribution is -0.147. The lowest BCUT2D eigenvalue weighted by Crippen LogP contribution is -2.65. The highest BCUT2D eigenvalue weighted by Crippen LogP contribution is 2.57. The zero-order valence-corrected chi connectivity index (χ0v) is 14.3. The first-order chi connectivity index (χ1) is 11.9. The molecule has 5 fully saturated rings. The molecule has 4 aliphatic carbocycles. The Morgan fingerprint density at radius 1 is 1.36 bits per heavy atom. The molecule has 2 unspecified atom stereocenters. The van der Waals surface area contributed by atoms with Crippen LogP contribution in [0.4, 0.5) is 0 Å². The normalized spacial score (nSPS) is 44.4. The van der Waals surface area contributed by atoms with Crippen molar-refractivity contribution in [1.29, 1.82) is 5.26 Å². The molecule has 8 heteroatoms. The number of likely N-dealkylation sites (tertiary alicyclic amines) is 1. The van der Waals surface area contributed by atoms with Crippen LogP contribution in [0, 0.1) is 23.2 Å². The maximum Gasteiger partial charge on any atom is 0.237 e. The molecule has 2 N–H and O–H groups in total. The van der Waals surface area contributed by atoms with Gasteiger partial charge in [0, 0.05) is 17.0 Å². The van der Waals surface area contributed by atoms with E-state index in [9.17, 15) is 15.2 Å². The monoisotopic (exact) mass is 344 g/mol. The van der Waals surface area contributed by atoms with Gasteiger partial charge in [-0.05, 0) is 62.3 Å². The van der Waals surface area contributed by atoms with Crippen LogP contribution in [0.2, 0.25) is 0 Å². The van der Waals surface area contributed by atoms with Gasteiger partial charge in [-0.2, -0.15) is 5.26 Å². The minimum atomic E-state index is -0.560. The summed E-state index contributed by atoms with van der Waals surface area (Å²) in [5.41, 5.74) is 7.87. The fraction of sp³-hybridized carbons (Fsp3) is 0.882. The average molecular weight is 344 g/mol. The van der Waals surface area contributed by atoms with E-state index in [1.54, 1.807) is 0 Å². The van der Waals surface area contributed by atoms with E-state index in [0.717, 1.165) is 32.1 Å². The SMILES string of the molecule is N#C[C@@H]1C[C@H](N=[N+]=[N-])CN1C(=O)CNC12CC3CC(CC(O)(C3)C1)C2. The van der Waals surface area contributed by atoms with Crippen LogP contribution in [0.15, 0.2) is 5.11 Å². The van der Waals surface area contributed by atoms with Gasteiger partial charge in [0.05, 0.1) is 24.3 Å². The van der Waals surface area contributed by atoms with Crippen LogP contribution in [0.5, 0.6) is 0 Å². The quantitative estimate of drug-likeness (QED) is 0.455. The van der Waals surface area contributed by atoms with E-state index < -0.39 is 11.6 Å². The summed E-state index contributed by atoms with van der Waals surface area (Å²) in [4.78, 5) is 17.0. The van der Waals surface area contributed by atoms with E-state index in [0.29, 0.717) is 24.8 Å². The number of amides is 1. The van der Waals surface area contributed by atoms with Crippen LogP contribution < -0.4 is 5.32 Å². The molecule has 1 heterocycles. The van der Waals surface area contributed by atoms with Gasteiger partial charge in [0.2, 0.25) is 5.91 Å². The molecule has 25 heavy (non-hydrogen) atoms. The number of hydrogen-bond acceptors (Lipinski definition) is 5. The third-order valence-electron chi connectivity index (χ3n) is 6.61. The van der Waals surface area contributed by atoms with Gasteiger partial charge in [-0.15, -0.1) is 0 Å². The highest BCUT2D eigenvalue weighted by molar-refractivity contribution is 5.79. The van der Waals surface area contributed by atoms with Crippen LogP contribution in [0.1, 0.15) is 44.9 Å². The first-order valence-electron chi connectivity index (χ1n) is 9.15. The molecule has 1 aliphatic heterocycles. The van der Waals surface area contributed by atoms with Gasteiger partial charge in [0.1, 0.15) is 6.04 Å². The summed E-state index contributed by atoms with van der Waals surface area (Å²) in [7, 11) is 0. The number of carbonyl (C=O) groups is 1. The minimum absolute atomic E-state index is 0.120. The summed E-state index contributed by atoms with van der Waals surface area (Å²) >= 11 is 0. The molecule has 4 saturated carbocycles. The Hall–Kier alpha value is -1.81. The van der Waals surface area contributed by atoms with Crippen LogP contribution in [0.3, 0.4) is 0 Å². The molecule has 5 aliphatic rings. The molecule has 0 aromatic heterocycles. The number of nitrogens with zero attached hydrogens (tertiary/aromatic N) is 5. The number of rotatable bonds is 4. The summed E-state index contributed by atoms with van der Waals surface area (Å²) in [6, 6.07) is 1.29. The zero-order valence-electron chi connectivity index (χ0n) is 14.3. The van der Waals surface area contributed by atoms with E-state index in [1.807, 2.05) is 0 Å². The topological polar surface area (TPSA) is 125 Å². The van der Waals surface area contributed by atoms with Crippen molar-refractivity contribution in [2.45, 2.75) is 68.2 Å². The Morgan fingerprint density at radius 2 is 2.08 bits per heavy atom. The highest BCUT2D eigenvalue weighted by Gasteiger charge is 2.57. The molecule has 1 saturated heterocycles. The second kappa shape index (κ2) is 5.87. The summed E-state index contributed by atoms with van der Waals surface area (Å²) in [5, 5.41) is 27.2. The second-order valence-electron chi connectivity index (χ2n) is 8.60. The lowest BCUT2D eigenvalue weighted by Gasteiger charge is -2.60. The summed E-state index contributed by atoms with van der Waals surface area (Å²) in [6.45, 7) is 0.488. The molecular weight excluding hydrogens is 320 g/mol. The minimum Gasteiger partial charge on any atom is -0.390 e. The second-order valence-corrected chi connectivity index (χ2v) is 8.60. The lowest BCUT2D eigenvalue weighted by atomic mass is 9.51. The number of azide groups is 1. The molecule has 5 rings (SSSR count). The predicted molar refractivity (Wildman–Crippen MR) is 89.0 cm³/mol. The summed E-state index contributed by atoms with van der Waals surface area (Å²) in [6.07, 6.45) is 6.19. The largest absolute Gasteiger partial charge is 0.390 e. The number of nitriles is 1. The summed E-state index contributed by atoms with van der Waals surface area (Å²) < 4.78 is 0. The third-order valence-corrected chi connectivity index (χ3v) is 6.61. The molecule has 0 radical (unpaired) electrons. The van der Waals surface area contributed by atoms with Crippen molar-refractivity contribution >= 4 is 5.91 Å². The van der Waals surface area contributed by atoms with E-state index in [2.05, 4.69) is 21.4 Å². The van der Waals surface area contributed by atoms with Gasteiger partial charge in [-0.3, -0.25) is 4.79 Å². The van der Waals surface area contributed by atoms with Crippen LogP contribution in [0.25, 0.3) is 10.4 Å². The van der Waals surface area contributed by atoms with Gasteiger partial charge < -0.3 is 15.3 Å². The van der Waals surface area contributed by atoms with Crippen molar-refractivity contribution in [3.63, 3.8) is 0 Å². The highest BCUT2D eigenvalue weighted by atomic mass is 16.3. The Labute approximate surface area is 146 Å². The Bertz CT molecular complexity index is 653. The molecule has 4 atom stereocenters. The predicted octanol–water partition coefficient (Wildman–Crippen LogP) is 1.46. The van der Waals surface area contributed by atoms with Crippen LogP contribution in [-0.4, -0.2) is 52.2 Å². The number of carbonyl (C=O) groups excluding carboxylic acids is 1. The number of hydrogen-bond donors (Lipinski definition) is 2. The molecular formula is C17H24N6O2. The van der Waals surface area contributed by atoms with Gasteiger partial charge in [0.25, 0.3) is 0 Å². The number of aliphatic hydroxyl groups is 1. The Balaban J connectivity index is 1.41. The fourth-order valence-electron chi connectivity index (χ4n) is 6.15. The molecule has 0 aromatic carbocycles. The van der Waals surface area contributed by atoms with E-state index >= 15 is 0 Å². The molecule has 1 amide bonds. The van der Waals surface area contributed by atoms with Crippen molar-refractivity contribution in [2.24, 2.45) is 17.0 Å². The van der Waals surface area contributed by atoms with Gasteiger partial charge in [-0.25, -0.2) is 0 Å². The zero-order chi connectivity index (χ0) is 17.7. The maximum atomic E-state index is 12.7. The van der Waals surface area contributed by atoms with Gasteiger partial charge in [0.15, 0.2) is 0 Å². The first-order valence-corrected chi connectivity index (χ1v) is 9.15. The van der Waals surface area contributed by atoms with Crippen molar-refractivity contribution < 1.29 is 9.90 Å². The molecule has 4 bridgehead atoms. The smallest absolute Gasteiger partial charge is 0.237 e.